The molecule has 1 fully saturated rings. The largest absolute Gasteiger partial charge is 0.264 e. The molecular formula is C19H24N2O2S. The van der Waals surface area contributed by atoms with E-state index in [0.717, 1.165) is 36.8 Å². The molecule has 0 radical (unpaired) electrons. The lowest BCUT2D eigenvalue weighted by atomic mass is 9.82. The van der Waals surface area contributed by atoms with E-state index in [2.05, 4.69) is 9.71 Å². The second-order valence-corrected chi connectivity index (χ2v) is 8.31. The van der Waals surface area contributed by atoms with E-state index in [4.69, 9.17) is 0 Å². The van der Waals surface area contributed by atoms with Gasteiger partial charge in [0.05, 0.1) is 10.9 Å². The molecule has 1 aliphatic carbocycles. The number of pyridine rings is 1. The van der Waals surface area contributed by atoms with Crippen LogP contribution in [0.15, 0.2) is 53.7 Å². The van der Waals surface area contributed by atoms with Crippen molar-refractivity contribution in [1.29, 1.82) is 0 Å². The molecule has 128 valence electrons. The molecule has 1 aromatic carbocycles. The summed E-state index contributed by atoms with van der Waals surface area (Å²) < 4.78 is 28.6. The Kier molecular flexibility index (Phi) is 5.31. The van der Waals surface area contributed by atoms with Crippen molar-refractivity contribution in [2.45, 2.75) is 50.0 Å². The number of nitrogens with zero attached hydrogens (tertiary/aromatic N) is 1. The van der Waals surface area contributed by atoms with Crippen molar-refractivity contribution >= 4 is 10.0 Å². The highest BCUT2D eigenvalue weighted by Gasteiger charge is 2.29. The Bertz CT molecular complexity index is 752. The Morgan fingerprint density at radius 3 is 2.42 bits per heavy atom. The smallest absolute Gasteiger partial charge is 0.241 e. The summed E-state index contributed by atoms with van der Waals surface area (Å²) in [6.07, 6.45) is 9.15. The minimum absolute atomic E-state index is 0.217. The SMILES string of the molecule is Cc1ccc(S(=O)(=O)NC(c2cccnc2)C2CCCCC2)cc1. The van der Waals surface area contributed by atoms with Gasteiger partial charge in [-0.25, -0.2) is 13.1 Å². The van der Waals surface area contributed by atoms with E-state index in [0.29, 0.717) is 10.8 Å². The highest BCUT2D eigenvalue weighted by atomic mass is 32.2. The lowest BCUT2D eigenvalue weighted by molar-refractivity contribution is 0.293. The van der Waals surface area contributed by atoms with E-state index in [1.54, 1.807) is 24.5 Å². The number of nitrogens with one attached hydrogen (secondary N) is 1. The monoisotopic (exact) mass is 344 g/mol. The lowest BCUT2D eigenvalue weighted by Crippen LogP contribution is -2.34. The predicted octanol–water partition coefficient (Wildman–Crippen LogP) is 3.99. The standard InChI is InChI=1S/C19H24N2O2S/c1-15-9-11-18(12-10-15)24(22,23)21-19(16-6-3-2-4-7-16)17-8-5-13-20-14-17/h5,8-14,16,19,21H,2-4,6-7H2,1H3. The number of sulfonamides is 1. The van der Waals surface area contributed by atoms with Crippen LogP contribution in [0.4, 0.5) is 0 Å². The first-order valence-electron chi connectivity index (χ1n) is 8.55. The van der Waals surface area contributed by atoms with E-state index >= 15 is 0 Å². The second-order valence-electron chi connectivity index (χ2n) is 6.60. The number of aromatic nitrogens is 1. The summed E-state index contributed by atoms with van der Waals surface area (Å²) >= 11 is 0. The van der Waals surface area contributed by atoms with Gasteiger partial charge in [0.1, 0.15) is 0 Å². The molecule has 24 heavy (non-hydrogen) atoms. The molecule has 2 aromatic rings. The van der Waals surface area contributed by atoms with Gasteiger partial charge in [-0.15, -0.1) is 0 Å². The van der Waals surface area contributed by atoms with Gasteiger partial charge in [-0.2, -0.15) is 0 Å². The normalized spacial score (nSPS) is 17.5. The average Bonchev–Trinajstić information content (AvgIpc) is 2.62. The van der Waals surface area contributed by atoms with Gasteiger partial charge in [0.2, 0.25) is 10.0 Å². The molecule has 0 spiro atoms. The van der Waals surface area contributed by atoms with Gasteiger partial charge in [0.15, 0.2) is 0 Å². The van der Waals surface area contributed by atoms with Crippen LogP contribution in [0.3, 0.4) is 0 Å². The average molecular weight is 344 g/mol. The van der Waals surface area contributed by atoms with Gasteiger partial charge in [-0.05, 0) is 49.4 Å². The quantitative estimate of drug-likeness (QED) is 0.892. The molecule has 5 heteroatoms. The van der Waals surface area contributed by atoms with Crippen LogP contribution < -0.4 is 4.72 Å². The van der Waals surface area contributed by atoms with Crippen LogP contribution in [0.25, 0.3) is 0 Å². The van der Waals surface area contributed by atoms with Crippen LogP contribution in [-0.2, 0) is 10.0 Å². The first-order valence-corrected chi connectivity index (χ1v) is 10.0. The number of benzene rings is 1. The number of rotatable bonds is 5. The molecule has 1 unspecified atom stereocenters. The van der Waals surface area contributed by atoms with Gasteiger partial charge in [-0.1, -0.05) is 43.0 Å². The molecular weight excluding hydrogens is 320 g/mol. The Morgan fingerprint density at radius 1 is 1.08 bits per heavy atom. The van der Waals surface area contributed by atoms with Crippen LogP contribution in [0, 0.1) is 12.8 Å². The van der Waals surface area contributed by atoms with Crippen LogP contribution in [0.1, 0.15) is 49.3 Å². The van der Waals surface area contributed by atoms with Crippen molar-refractivity contribution in [3.05, 3.63) is 59.9 Å². The zero-order chi connectivity index (χ0) is 17.0. The fraction of sp³-hybridized carbons (Fsp3) is 0.421. The van der Waals surface area contributed by atoms with Gasteiger partial charge in [0.25, 0.3) is 0 Å². The lowest BCUT2D eigenvalue weighted by Gasteiger charge is -2.31. The maximum Gasteiger partial charge on any atom is 0.241 e. The summed E-state index contributed by atoms with van der Waals surface area (Å²) in [5.41, 5.74) is 1.99. The molecule has 0 amide bonds. The molecule has 1 heterocycles. The third-order valence-electron chi connectivity index (χ3n) is 4.78. The van der Waals surface area contributed by atoms with Crippen LogP contribution in [0.5, 0.6) is 0 Å². The Morgan fingerprint density at radius 2 is 1.79 bits per heavy atom. The fourth-order valence-electron chi connectivity index (χ4n) is 3.42. The minimum atomic E-state index is -3.55. The van der Waals surface area contributed by atoms with E-state index in [9.17, 15) is 8.42 Å². The first kappa shape index (κ1) is 17.1. The Balaban J connectivity index is 1.89. The van der Waals surface area contributed by atoms with Crippen molar-refractivity contribution in [1.82, 2.24) is 9.71 Å². The van der Waals surface area contributed by atoms with Crippen molar-refractivity contribution in [3.8, 4) is 0 Å². The van der Waals surface area contributed by atoms with Crippen LogP contribution >= 0.6 is 0 Å². The van der Waals surface area contributed by atoms with E-state index < -0.39 is 10.0 Å². The minimum Gasteiger partial charge on any atom is -0.264 e. The zero-order valence-electron chi connectivity index (χ0n) is 14.0. The van der Waals surface area contributed by atoms with Crippen LogP contribution in [0.2, 0.25) is 0 Å². The Hall–Kier alpha value is -1.72. The van der Waals surface area contributed by atoms with Crippen LogP contribution in [-0.4, -0.2) is 13.4 Å². The summed E-state index contributed by atoms with van der Waals surface area (Å²) in [7, 11) is -3.55. The van der Waals surface area contributed by atoms with Crippen molar-refractivity contribution in [2.24, 2.45) is 5.92 Å². The summed E-state index contributed by atoms with van der Waals surface area (Å²) in [4.78, 5) is 4.50. The molecule has 4 nitrogen and oxygen atoms in total. The zero-order valence-corrected chi connectivity index (χ0v) is 14.8. The highest BCUT2D eigenvalue weighted by molar-refractivity contribution is 7.89. The van der Waals surface area contributed by atoms with Crippen molar-refractivity contribution < 1.29 is 8.42 Å². The molecule has 0 aliphatic heterocycles. The second kappa shape index (κ2) is 7.45. The van der Waals surface area contributed by atoms with Crippen molar-refractivity contribution in [2.75, 3.05) is 0 Å². The number of aryl methyl sites for hydroxylation is 1. The van der Waals surface area contributed by atoms with Crippen molar-refractivity contribution in [3.63, 3.8) is 0 Å². The molecule has 1 aliphatic rings. The maximum absolute atomic E-state index is 12.8. The summed E-state index contributed by atoms with van der Waals surface area (Å²) in [5.74, 6) is 0.322. The van der Waals surface area contributed by atoms with Gasteiger partial charge >= 0.3 is 0 Å². The third-order valence-corrected chi connectivity index (χ3v) is 6.24. The summed E-state index contributed by atoms with van der Waals surface area (Å²) in [6.45, 7) is 1.95. The summed E-state index contributed by atoms with van der Waals surface area (Å²) in [6, 6.07) is 10.6. The van der Waals surface area contributed by atoms with E-state index in [-0.39, 0.29) is 6.04 Å². The van der Waals surface area contributed by atoms with Gasteiger partial charge < -0.3 is 0 Å². The first-order chi connectivity index (χ1) is 11.6. The molecule has 1 saturated carbocycles. The Labute approximate surface area is 144 Å². The topological polar surface area (TPSA) is 59.1 Å². The maximum atomic E-state index is 12.8. The predicted molar refractivity (Wildman–Crippen MR) is 95.1 cm³/mol. The molecule has 1 aromatic heterocycles. The third kappa shape index (κ3) is 4.02. The van der Waals surface area contributed by atoms with Gasteiger partial charge in [0, 0.05) is 12.4 Å². The molecule has 0 saturated heterocycles. The highest BCUT2D eigenvalue weighted by Crippen LogP contribution is 2.35. The molecule has 1 atom stereocenters. The molecule has 0 bridgehead atoms. The van der Waals surface area contributed by atoms with E-state index in [1.165, 1.54) is 6.42 Å². The summed E-state index contributed by atoms with van der Waals surface area (Å²) in [5, 5.41) is 0. The molecule has 3 rings (SSSR count). The fourth-order valence-corrected chi connectivity index (χ4v) is 4.71. The number of hydrogen-bond donors (Lipinski definition) is 1. The van der Waals surface area contributed by atoms with Gasteiger partial charge in [-0.3, -0.25) is 4.98 Å². The number of hydrogen-bond acceptors (Lipinski definition) is 3. The molecule has 1 N–H and O–H groups in total. The van der Waals surface area contributed by atoms with E-state index in [1.807, 2.05) is 31.2 Å².